The third-order valence-corrected chi connectivity index (χ3v) is 2.64. The molecule has 0 aliphatic carbocycles. The van der Waals surface area contributed by atoms with Crippen molar-refractivity contribution in [3.8, 4) is 0 Å². The number of nitrogens with zero attached hydrogens (tertiary/aromatic N) is 1. The van der Waals surface area contributed by atoms with Gasteiger partial charge in [0.15, 0.2) is 0 Å². The minimum atomic E-state index is -0.143. The molecular formula is C10H14Cl2N2. The van der Waals surface area contributed by atoms with Crippen molar-refractivity contribution in [2.75, 3.05) is 0 Å². The molecule has 0 amide bonds. The molecule has 0 spiro atoms. The standard InChI is InChI=1S/C10H14Cl2N2/c1-10(2,3)9(13)6-4-8(12)14-5-7(6)11/h4-5,9H,13H2,1-3H3. The second-order valence-corrected chi connectivity index (χ2v) is 5.17. The van der Waals surface area contributed by atoms with Gasteiger partial charge >= 0.3 is 0 Å². The maximum absolute atomic E-state index is 6.07. The molecule has 1 heterocycles. The van der Waals surface area contributed by atoms with E-state index in [-0.39, 0.29) is 11.5 Å². The van der Waals surface area contributed by atoms with Crippen molar-refractivity contribution < 1.29 is 0 Å². The summed E-state index contributed by atoms with van der Waals surface area (Å²) < 4.78 is 0. The Balaban J connectivity index is 3.12. The number of hydrogen-bond acceptors (Lipinski definition) is 2. The SMILES string of the molecule is CC(C)(C)C(N)c1cc(Cl)ncc1Cl. The topological polar surface area (TPSA) is 38.9 Å². The summed E-state index contributed by atoms with van der Waals surface area (Å²) in [5, 5.41) is 0.987. The van der Waals surface area contributed by atoms with Crippen molar-refractivity contribution >= 4 is 23.2 Å². The third kappa shape index (κ3) is 2.59. The Kier molecular flexibility index (Phi) is 3.40. The smallest absolute Gasteiger partial charge is 0.129 e. The number of nitrogens with two attached hydrogens (primary N) is 1. The number of hydrogen-bond donors (Lipinski definition) is 1. The molecule has 0 bridgehead atoms. The van der Waals surface area contributed by atoms with Gasteiger partial charge in [-0.05, 0) is 17.0 Å². The van der Waals surface area contributed by atoms with Crippen LogP contribution in [0.15, 0.2) is 12.3 Å². The van der Waals surface area contributed by atoms with Gasteiger partial charge in [-0.15, -0.1) is 0 Å². The second kappa shape index (κ2) is 4.05. The van der Waals surface area contributed by atoms with Gasteiger partial charge in [0.05, 0.1) is 5.02 Å². The molecule has 0 aliphatic rings. The van der Waals surface area contributed by atoms with Crippen LogP contribution in [0.2, 0.25) is 10.2 Å². The Morgan fingerprint density at radius 2 is 1.93 bits per heavy atom. The summed E-state index contributed by atoms with van der Waals surface area (Å²) in [5.74, 6) is 0. The molecule has 1 aromatic heterocycles. The number of aromatic nitrogens is 1. The van der Waals surface area contributed by atoms with Crippen LogP contribution in [0.5, 0.6) is 0 Å². The Bertz CT molecular complexity index is 331. The van der Waals surface area contributed by atoms with Crippen molar-refractivity contribution in [2.24, 2.45) is 11.1 Å². The first-order chi connectivity index (χ1) is 6.32. The molecule has 0 fully saturated rings. The minimum Gasteiger partial charge on any atom is -0.323 e. The van der Waals surface area contributed by atoms with E-state index in [0.717, 1.165) is 5.56 Å². The summed E-state index contributed by atoms with van der Waals surface area (Å²) >= 11 is 11.8. The normalized spacial score (nSPS) is 14.1. The molecule has 4 heteroatoms. The molecule has 0 saturated heterocycles. The highest BCUT2D eigenvalue weighted by Gasteiger charge is 2.24. The van der Waals surface area contributed by atoms with Crippen molar-refractivity contribution in [1.82, 2.24) is 4.98 Å². The Hall–Kier alpha value is -0.310. The lowest BCUT2D eigenvalue weighted by atomic mass is 9.83. The second-order valence-electron chi connectivity index (χ2n) is 4.37. The van der Waals surface area contributed by atoms with Crippen molar-refractivity contribution in [3.05, 3.63) is 28.0 Å². The van der Waals surface area contributed by atoms with Crippen LogP contribution < -0.4 is 5.73 Å². The lowest BCUT2D eigenvalue weighted by Gasteiger charge is -2.28. The van der Waals surface area contributed by atoms with Crippen molar-refractivity contribution in [3.63, 3.8) is 0 Å². The first kappa shape index (κ1) is 11.8. The first-order valence-corrected chi connectivity index (χ1v) is 5.14. The molecule has 1 atom stereocenters. The van der Waals surface area contributed by atoms with E-state index in [4.69, 9.17) is 28.9 Å². The molecule has 1 unspecified atom stereocenters. The number of halogens is 2. The van der Waals surface area contributed by atoms with Crippen LogP contribution in [0.1, 0.15) is 32.4 Å². The van der Waals surface area contributed by atoms with Crippen molar-refractivity contribution in [1.29, 1.82) is 0 Å². The number of rotatable bonds is 1. The summed E-state index contributed by atoms with van der Waals surface area (Å²) in [7, 11) is 0. The Labute approximate surface area is 94.4 Å². The molecule has 0 saturated carbocycles. The Morgan fingerprint density at radius 1 is 1.36 bits per heavy atom. The first-order valence-electron chi connectivity index (χ1n) is 4.39. The van der Waals surface area contributed by atoms with E-state index >= 15 is 0 Å². The molecule has 14 heavy (non-hydrogen) atoms. The minimum absolute atomic E-state index is 0.0473. The molecule has 78 valence electrons. The zero-order valence-electron chi connectivity index (χ0n) is 8.51. The van der Waals surface area contributed by atoms with Gasteiger partial charge in [-0.1, -0.05) is 44.0 Å². The predicted octanol–water partition coefficient (Wildman–Crippen LogP) is 3.43. The summed E-state index contributed by atoms with van der Waals surface area (Å²) in [6.45, 7) is 6.17. The van der Waals surface area contributed by atoms with Gasteiger partial charge in [-0.2, -0.15) is 0 Å². The fraction of sp³-hybridized carbons (Fsp3) is 0.500. The lowest BCUT2D eigenvalue weighted by molar-refractivity contribution is 0.327. The van der Waals surface area contributed by atoms with Crippen LogP contribution in [-0.4, -0.2) is 4.98 Å². The highest BCUT2D eigenvalue weighted by molar-refractivity contribution is 6.32. The Morgan fingerprint density at radius 3 is 2.43 bits per heavy atom. The molecule has 1 aromatic rings. The predicted molar refractivity (Wildman–Crippen MR) is 60.6 cm³/mol. The molecule has 2 N–H and O–H groups in total. The highest BCUT2D eigenvalue weighted by Crippen LogP contribution is 2.34. The van der Waals surface area contributed by atoms with E-state index in [2.05, 4.69) is 25.8 Å². The van der Waals surface area contributed by atoms with Crippen LogP contribution in [0.3, 0.4) is 0 Å². The van der Waals surface area contributed by atoms with E-state index < -0.39 is 0 Å². The third-order valence-electron chi connectivity index (χ3n) is 2.12. The van der Waals surface area contributed by atoms with Gasteiger partial charge in [0, 0.05) is 12.2 Å². The quantitative estimate of drug-likeness (QED) is 0.754. The summed E-state index contributed by atoms with van der Waals surface area (Å²) in [6.07, 6.45) is 1.53. The van der Waals surface area contributed by atoms with E-state index in [9.17, 15) is 0 Å². The average molecular weight is 233 g/mol. The van der Waals surface area contributed by atoms with Crippen LogP contribution in [0, 0.1) is 5.41 Å². The van der Waals surface area contributed by atoms with Crippen LogP contribution in [0.25, 0.3) is 0 Å². The molecule has 0 radical (unpaired) electrons. The van der Waals surface area contributed by atoms with E-state index in [0.29, 0.717) is 10.2 Å². The number of pyridine rings is 1. The molecule has 0 aliphatic heterocycles. The molecule has 1 rings (SSSR count). The fourth-order valence-corrected chi connectivity index (χ4v) is 1.52. The van der Waals surface area contributed by atoms with E-state index in [1.54, 1.807) is 6.07 Å². The van der Waals surface area contributed by atoms with Crippen molar-refractivity contribution in [2.45, 2.75) is 26.8 Å². The molecule has 0 aromatic carbocycles. The zero-order chi connectivity index (χ0) is 10.9. The summed E-state index contributed by atoms with van der Waals surface area (Å²) in [6, 6.07) is 1.58. The summed E-state index contributed by atoms with van der Waals surface area (Å²) in [4.78, 5) is 3.88. The fourth-order valence-electron chi connectivity index (χ4n) is 1.13. The highest BCUT2D eigenvalue weighted by atomic mass is 35.5. The van der Waals surface area contributed by atoms with Gasteiger partial charge in [0.1, 0.15) is 5.15 Å². The summed E-state index contributed by atoms with van der Waals surface area (Å²) in [5.41, 5.74) is 6.87. The monoisotopic (exact) mass is 232 g/mol. The lowest BCUT2D eigenvalue weighted by Crippen LogP contribution is -2.26. The van der Waals surface area contributed by atoms with Crippen LogP contribution >= 0.6 is 23.2 Å². The molecule has 2 nitrogen and oxygen atoms in total. The van der Waals surface area contributed by atoms with E-state index in [1.165, 1.54) is 6.20 Å². The van der Waals surface area contributed by atoms with Gasteiger partial charge < -0.3 is 5.73 Å². The van der Waals surface area contributed by atoms with Crippen LogP contribution in [0.4, 0.5) is 0 Å². The average Bonchev–Trinajstić information content (AvgIpc) is 2.06. The van der Waals surface area contributed by atoms with Crippen LogP contribution in [-0.2, 0) is 0 Å². The zero-order valence-corrected chi connectivity index (χ0v) is 10.0. The van der Waals surface area contributed by atoms with Gasteiger partial charge in [0.25, 0.3) is 0 Å². The van der Waals surface area contributed by atoms with Gasteiger partial charge in [0.2, 0.25) is 0 Å². The maximum atomic E-state index is 6.07. The molecular weight excluding hydrogens is 219 g/mol. The van der Waals surface area contributed by atoms with E-state index in [1.807, 2.05) is 0 Å². The largest absolute Gasteiger partial charge is 0.323 e. The van der Waals surface area contributed by atoms with Gasteiger partial charge in [-0.3, -0.25) is 0 Å². The maximum Gasteiger partial charge on any atom is 0.129 e. The van der Waals surface area contributed by atoms with Gasteiger partial charge in [-0.25, -0.2) is 4.98 Å².